The fraction of sp³-hybridized carbons (Fsp3) is 1.00. The Bertz CT molecular complexity index is 172. The summed E-state index contributed by atoms with van der Waals surface area (Å²) in [6.45, 7) is 6.65. The fourth-order valence-corrected chi connectivity index (χ4v) is 2.76. The number of nitrogens with two attached hydrogens (primary N) is 1. The second-order valence-corrected chi connectivity index (χ2v) is 5.19. The zero-order valence-electron chi connectivity index (χ0n) is 9.74. The van der Waals surface area contributed by atoms with Crippen LogP contribution in [-0.4, -0.2) is 17.3 Å². The van der Waals surface area contributed by atoms with Gasteiger partial charge in [0.15, 0.2) is 0 Å². The maximum absolute atomic E-state index is 9.86. The molecule has 1 aliphatic carbocycles. The first kappa shape index (κ1) is 12.0. The number of aliphatic hydroxyl groups excluding tert-OH is 1. The van der Waals surface area contributed by atoms with Crippen molar-refractivity contribution in [3.63, 3.8) is 0 Å². The first-order chi connectivity index (χ1) is 6.54. The monoisotopic (exact) mass is 199 g/mol. The van der Waals surface area contributed by atoms with Crippen LogP contribution < -0.4 is 5.73 Å². The minimum Gasteiger partial charge on any atom is -0.392 e. The van der Waals surface area contributed by atoms with Crippen LogP contribution in [0.5, 0.6) is 0 Å². The standard InChI is InChI=1S/C12H25NO/c1-4-11(13)12(14)7-10-6-8(2)5-9(10)3/h8-12,14H,4-7,13H2,1-3H3. The van der Waals surface area contributed by atoms with E-state index in [2.05, 4.69) is 13.8 Å². The Morgan fingerprint density at radius 2 is 2.00 bits per heavy atom. The molecule has 0 spiro atoms. The van der Waals surface area contributed by atoms with Gasteiger partial charge in [-0.1, -0.05) is 20.8 Å². The van der Waals surface area contributed by atoms with Crippen LogP contribution in [0.15, 0.2) is 0 Å². The molecule has 1 aliphatic rings. The van der Waals surface area contributed by atoms with Crippen molar-refractivity contribution >= 4 is 0 Å². The average Bonchev–Trinajstić information content (AvgIpc) is 2.44. The molecular weight excluding hydrogens is 174 g/mol. The average molecular weight is 199 g/mol. The molecule has 0 radical (unpaired) electrons. The van der Waals surface area contributed by atoms with Crippen LogP contribution in [0.4, 0.5) is 0 Å². The van der Waals surface area contributed by atoms with E-state index in [1.165, 1.54) is 12.8 Å². The number of aliphatic hydroxyl groups is 1. The molecule has 2 nitrogen and oxygen atoms in total. The Balaban J connectivity index is 2.36. The molecule has 2 heteroatoms. The summed E-state index contributed by atoms with van der Waals surface area (Å²) in [5, 5.41) is 9.86. The third-order valence-corrected chi connectivity index (χ3v) is 3.79. The van der Waals surface area contributed by atoms with E-state index in [0.717, 1.165) is 24.7 Å². The van der Waals surface area contributed by atoms with Crippen molar-refractivity contribution in [1.29, 1.82) is 0 Å². The molecule has 1 rings (SSSR count). The van der Waals surface area contributed by atoms with Crippen molar-refractivity contribution < 1.29 is 5.11 Å². The van der Waals surface area contributed by atoms with Crippen molar-refractivity contribution in [3.8, 4) is 0 Å². The number of hydrogen-bond acceptors (Lipinski definition) is 2. The molecule has 0 heterocycles. The lowest BCUT2D eigenvalue weighted by Crippen LogP contribution is -2.35. The first-order valence-corrected chi connectivity index (χ1v) is 5.98. The van der Waals surface area contributed by atoms with E-state index in [1.807, 2.05) is 6.92 Å². The lowest BCUT2D eigenvalue weighted by Gasteiger charge is -2.23. The van der Waals surface area contributed by atoms with Crippen LogP contribution in [0.1, 0.15) is 46.5 Å². The molecule has 5 atom stereocenters. The maximum atomic E-state index is 9.86. The molecular formula is C12H25NO. The highest BCUT2D eigenvalue weighted by atomic mass is 16.3. The zero-order valence-corrected chi connectivity index (χ0v) is 9.74. The molecule has 1 fully saturated rings. The van der Waals surface area contributed by atoms with Gasteiger partial charge in [0, 0.05) is 6.04 Å². The summed E-state index contributed by atoms with van der Waals surface area (Å²) >= 11 is 0. The van der Waals surface area contributed by atoms with E-state index in [0.29, 0.717) is 5.92 Å². The SMILES string of the molecule is CCC(N)C(O)CC1CC(C)CC1C. The van der Waals surface area contributed by atoms with E-state index in [4.69, 9.17) is 5.73 Å². The summed E-state index contributed by atoms with van der Waals surface area (Å²) in [5.74, 6) is 2.29. The minimum atomic E-state index is -0.294. The van der Waals surface area contributed by atoms with Crippen LogP contribution in [-0.2, 0) is 0 Å². The first-order valence-electron chi connectivity index (χ1n) is 5.98. The largest absolute Gasteiger partial charge is 0.392 e. The van der Waals surface area contributed by atoms with Gasteiger partial charge in [0.05, 0.1) is 6.10 Å². The highest BCUT2D eigenvalue weighted by molar-refractivity contribution is 4.83. The van der Waals surface area contributed by atoms with Gasteiger partial charge in [-0.05, 0) is 43.4 Å². The summed E-state index contributed by atoms with van der Waals surface area (Å²) in [4.78, 5) is 0. The van der Waals surface area contributed by atoms with Gasteiger partial charge >= 0.3 is 0 Å². The molecule has 84 valence electrons. The van der Waals surface area contributed by atoms with Gasteiger partial charge in [-0.3, -0.25) is 0 Å². The van der Waals surface area contributed by atoms with Crippen LogP contribution in [0.3, 0.4) is 0 Å². The number of rotatable bonds is 4. The summed E-state index contributed by atoms with van der Waals surface area (Å²) in [7, 11) is 0. The third kappa shape index (κ3) is 2.96. The van der Waals surface area contributed by atoms with Gasteiger partial charge in [0.2, 0.25) is 0 Å². The normalized spacial score (nSPS) is 37.1. The van der Waals surface area contributed by atoms with E-state index < -0.39 is 0 Å². The summed E-state index contributed by atoms with van der Waals surface area (Å²) in [5.41, 5.74) is 5.82. The van der Waals surface area contributed by atoms with Gasteiger partial charge in [-0.2, -0.15) is 0 Å². The predicted molar refractivity (Wildman–Crippen MR) is 59.9 cm³/mol. The van der Waals surface area contributed by atoms with Crippen molar-refractivity contribution in [2.24, 2.45) is 23.5 Å². The Morgan fingerprint density at radius 1 is 1.36 bits per heavy atom. The Kier molecular flexibility index (Phi) is 4.39. The van der Waals surface area contributed by atoms with Crippen molar-refractivity contribution in [2.45, 2.75) is 58.6 Å². The topological polar surface area (TPSA) is 46.2 Å². The molecule has 0 bridgehead atoms. The quantitative estimate of drug-likeness (QED) is 0.729. The predicted octanol–water partition coefficient (Wildman–Crippen LogP) is 2.16. The molecule has 0 aromatic carbocycles. The summed E-state index contributed by atoms with van der Waals surface area (Å²) in [6, 6.07) is -0.0295. The molecule has 1 saturated carbocycles. The third-order valence-electron chi connectivity index (χ3n) is 3.79. The van der Waals surface area contributed by atoms with E-state index in [1.54, 1.807) is 0 Å². The second kappa shape index (κ2) is 5.13. The molecule has 0 saturated heterocycles. The lowest BCUT2D eigenvalue weighted by molar-refractivity contribution is 0.106. The molecule has 0 aliphatic heterocycles. The smallest absolute Gasteiger partial charge is 0.0693 e. The summed E-state index contributed by atoms with van der Waals surface area (Å²) in [6.07, 6.45) is 4.07. The maximum Gasteiger partial charge on any atom is 0.0693 e. The van der Waals surface area contributed by atoms with Gasteiger partial charge in [0.25, 0.3) is 0 Å². The Labute approximate surface area is 87.9 Å². The minimum absolute atomic E-state index is 0.0295. The van der Waals surface area contributed by atoms with Crippen LogP contribution in [0, 0.1) is 17.8 Å². The van der Waals surface area contributed by atoms with Gasteiger partial charge in [0.1, 0.15) is 0 Å². The Hall–Kier alpha value is -0.0800. The van der Waals surface area contributed by atoms with Crippen LogP contribution in [0.2, 0.25) is 0 Å². The van der Waals surface area contributed by atoms with E-state index in [9.17, 15) is 5.11 Å². The molecule has 14 heavy (non-hydrogen) atoms. The van der Waals surface area contributed by atoms with Gasteiger partial charge < -0.3 is 10.8 Å². The van der Waals surface area contributed by atoms with Crippen molar-refractivity contribution in [3.05, 3.63) is 0 Å². The van der Waals surface area contributed by atoms with Crippen molar-refractivity contribution in [2.75, 3.05) is 0 Å². The van der Waals surface area contributed by atoms with E-state index in [-0.39, 0.29) is 12.1 Å². The van der Waals surface area contributed by atoms with Gasteiger partial charge in [-0.25, -0.2) is 0 Å². The lowest BCUT2D eigenvalue weighted by atomic mass is 9.89. The summed E-state index contributed by atoms with van der Waals surface area (Å²) < 4.78 is 0. The van der Waals surface area contributed by atoms with Crippen LogP contribution >= 0.6 is 0 Å². The number of hydrogen-bond donors (Lipinski definition) is 2. The second-order valence-electron chi connectivity index (χ2n) is 5.19. The van der Waals surface area contributed by atoms with Crippen LogP contribution in [0.25, 0.3) is 0 Å². The molecule has 5 unspecified atom stereocenters. The zero-order chi connectivity index (χ0) is 10.7. The Morgan fingerprint density at radius 3 is 2.43 bits per heavy atom. The molecule has 0 aromatic heterocycles. The molecule has 0 amide bonds. The molecule has 3 N–H and O–H groups in total. The highest BCUT2D eigenvalue weighted by Gasteiger charge is 2.31. The fourth-order valence-electron chi connectivity index (χ4n) is 2.76. The molecule has 0 aromatic rings. The highest BCUT2D eigenvalue weighted by Crippen LogP contribution is 2.38. The van der Waals surface area contributed by atoms with E-state index >= 15 is 0 Å². The van der Waals surface area contributed by atoms with Crippen molar-refractivity contribution in [1.82, 2.24) is 0 Å². The van der Waals surface area contributed by atoms with Gasteiger partial charge in [-0.15, -0.1) is 0 Å².